The van der Waals surface area contributed by atoms with Crippen molar-refractivity contribution in [1.82, 2.24) is 5.32 Å². The Balaban J connectivity index is 1.97. The lowest BCUT2D eigenvalue weighted by Crippen LogP contribution is -2.26. The summed E-state index contributed by atoms with van der Waals surface area (Å²) in [6, 6.07) is 8.45. The van der Waals surface area contributed by atoms with Gasteiger partial charge in [-0.15, -0.1) is 11.3 Å². The number of rotatable bonds is 5. The van der Waals surface area contributed by atoms with Gasteiger partial charge in [0.05, 0.1) is 15.0 Å². The highest BCUT2D eigenvalue weighted by Crippen LogP contribution is 2.22. The number of carbonyl (C=O) groups is 1. The standard InChI is InChI=1S/C14H14BrFN2OS/c1-17-13-10(3-2-4-11(13)16)14(19)18-8-7-9-5-6-12(15)20-9/h2-6,17H,7-8H2,1H3,(H,18,19). The predicted octanol–water partition coefficient (Wildman–Crippen LogP) is 3.66. The van der Waals surface area contributed by atoms with Gasteiger partial charge in [0.15, 0.2) is 0 Å². The number of thiophene rings is 1. The lowest BCUT2D eigenvalue weighted by molar-refractivity contribution is 0.0954. The molecule has 6 heteroatoms. The maximum atomic E-state index is 13.6. The number of carbonyl (C=O) groups excluding carboxylic acids is 1. The Kier molecular flexibility index (Phi) is 5.14. The van der Waals surface area contributed by atoms with E-state index >= 15 is 0 Å². The molecule has 106 valence electrons. The van der Waals surface area contributed by atoms with E-state index in [1.165, 1.54) is 17.0 Å². The van der Waals surface area contributed by atoms with E-state index in [-0.39, 0.29) is 11.6 Å². The van der Waals surface area contributed by atoms with E-state index in [4.69, 9.17) is 0 Å². The fourth-order valence-corrected chi connectivity index (χ4v) is 3.33. The lowest BCUT2D eigenvalue weighted by atomic mass is 10.1. The lowest BCUT2D eigenvalue weighted by Gasteiger charge is -2.10. The van der Waals surface area contributed by atoms with Crippen LogP contribution in [-0.4, -0.2) is 19.5 Å². The third-order valence-corrected chi connectivity index (χ3v) is 4.48. The number of nitrogens with one attached hydrogen (secondary N) is 2. The fraction of sp³-hybridized carbons (Fsp3) is 0.214. The van der Waals surface area contributed by atoms with Gasteiger partial charge in [-0.05, 0) is 46.6 Å². The van der Waals surface area contributed by atoms with E-state index in [0.717, 1.165) is 10.2 Å². The second-order valence-corrected chi connectivity index (χ2v) is 6.67. The molecule has 0 spiro atoms. The van der Waals surface area contributed by atoms with E-state index in [1.807, 2.05) is 12.1 Å². The molecule has 1 aromatic heterocycles. The van der Waals surface area contributed by atoms with Crippen LogP contribution >= 0.6 is 27.3 Å². The quantitative estimate of drug-likeness (QED) is 0.858. The van der Waals surface area contributed by atoms with Gasteiger partial charge >= 0.3 is 0 Å². The maximum absolute atomic E-state index is 13.6. The summed E-state index contributed by atoms with van der Waals surface area (Å²) < 4.78 is 14.6. The molecule has 0 aliphatic rings. The van der Waals surface area contributed by atoms with Gasteiger partial charge < -0.3 is 10.6 Å². The van der Waals surface area contributed by atoms with Gasteiger partial charge in [0.25, 0.3) is 5.91 Å². The molecule has 0 aliphatic heterocycles. The second-order valence-electron chi connectivity index (χ2n) is 4.12. The van der Waals surface area contributed by atoms with Gasteiger partial charge in [-0.25, -0.2) is 4.39 Å². The molecule has 2 rings (SSSR count). The Morgan fingerprint density at radius 2 is 2.15 bits per heavy atom. The van der Waals surface area contributed by atoms with Crippen LogP contribution in [0.1, 0.15) is 15.2 Å². The van der Waals surface area contributed by atoms with Crippen molar-refractivity contribution in [3.05, 3.63) is 50.4 Å². The normalized spacial score (nSPS) is 10.3. The highest BCUT2D eigenvalue weighted by molar-refractivity contribution is 9.11. The molecule has 20 heavy (non-hydrogen) atoms. The molecule has 0 atom stereocenters. The van der Waals surface area contributed by atoms with E-state index in [0.29, 0.717) is 12.1 Å². The van der Waals surface area contributed by atoms with Crippen LogP contribution in [0.5, 0.6) is 0 Å². The summed E-state index contributed by atoms with van der Waals surface area (Å²) in [5.41, 5.74) is 0.545. The second kappa shape index (κ2) is 6.85. The van der Waals surface area contributed by atoms with Gasteiger partial charge in [0.2, 0.25) is 0 Å². The number of halogens is 2. The Labute approximate surface area is 129 Å². The third-order valence-electron chi connectivity index (χ3n) is 2.79. The zero-order chi connectivity index (χ0) is 14.5. The van der Waals surface area contributed by atoms with Crippen LogP contribution in [0, 0.1) is 5.82 Å². The fourth-order valence-electron chi connectivity index (χ4n) is 1.85. The summed E-state index contributed by atoms with van der Waals surface area (Å²) in [6.07, 6.45) is 0.756. The van der Waals surface area contributed by atoms with Crippen LogP contribution in [0.4, 0.5) is 10.1 Å². The first-order valence-corrected chi connectivity index (χ1v) is 7.71. The molecular weight excluding hydrogens is 343 g/mol. The van der Waals surface area contributed by atoms with Crippen molar-refractivity contribution in [3.8, 4) is 0 Å². The van der Waals surface area contributed by atoms with Crippen molar-refractivity contribution in [2.75, 3.05) is 18.9 Å². The van der Waals surface area contributed by atoms with Crippen molar-refractivity contribution in [2.24, 2.45) is 0 Å². The van der Waals surface area contributed by atoms with Crippen LogP contribution in [0.3, 0.4) is 0 Å². The number of hydrogen-bond acceptors (Lipinski definition) is 3. The van der Waals surface area contributed by atoms with Gasteiger partial charge in [-0.2, -0.15) is 0 Å². The van der Waals surface area contributed by atoms with Gasteiger partial charge in [0, 0.05) is 18.5 Å². The van der Waals surface area contributed by atoms with Crippen LogP contribution < -0.4 is 10.6 Å². The topological polar surface area (TPSA) is 41.1 Å². The van der Waals surface area contributed by atoms with Gasteiger partial charge in [-0.3, -0.25) is 4.79 Å². The molecular formula is C14H14BrFN2OS. The Morgan fingerprint density at radius 3 is 2.80 bits per heavy atom. The molecule has 2 aromatic rings. The summed E-state index contributed by atoms with van der Waals surface area (Å²) in [5.74, 6) is -0.702. The highest BCUT2D eigenvalue weighted by atomic mass is 79.9. The average Bonchev–Trinajstić information content (AvgIpc) is 2.84. The first kappa shape index (κ1) is 15.0. The first-order valence-electron chi connectivity index (χ1n) is 6.10. The summed E-state index contributed by atoms with van der Waals surface area (Å²) in [5, 5.41) is 5.52. The Hall–Kier alpha value is -1.40. The molecule has 1 heterocycles. The molecule has 0 saturated heterocycles. The molecule has 1 amide bonds. The minimum absolute atomic E-state index is 0.226. The monoisotopic (exact) mass is 356 g/mol. The van der Waals surface area contributed by atoms with Gasteiger partial charge in [0.1, 0.15) is 5.82 Å². The van der Waals surface area contributed by atoms with Crippen LogP contribution in [0.15, 0.2) is 34.1 Å². The molecule has 0 aliphatic carbocycles. The number of hydrogen-bond donors (Lipinski definition) is 2. The molecule has 2 N–H and O–H groups in total. The molecule has 1 aromatic carbocycles. The summed E-state index contributed by atoms with van der Waals surface area (Å²) in [7, 11) is 1.60. The van der Waals surface area contributed by atoms with E-state index in [9.17, 15) is 9.18 Å². The molecule has 0 bridgehead atoms. The van der Waals surface area contributed by atoms with Crippen molar-refractivity contribution >= 4 is 38.9 Å². The SMILES string of the molecule is CNc1c(F)cccc1C(=O)NCCc1ccc(Br)s1. The van der Waals surface area contributed by atoms with Crippen molar-refractivity contribution in [1.29, 1.82) is 0 Å². The van der Waals surface area contributed by atoms with Crippen LogP contribution in [-0.2, 0) is 6.42 Å². The average molecular weight is 357 g/mol. The minimum Gasteiger partial charge on any atom is -0.385 e. The van der Waals surface area contributed by atoms with Crippen LogP contribution in [0.25, 0.3) is 0 Å². The summed E-state index contributed by atoms with van der Waals surface area (Å²) in [6.45, 7) is 0.519. The summed E-state index contributed by atoms with van der Waals surface area (Å²) >= 11 is 5.04. The third kappa shape index (κ3) is 3.58. The zero-order valence-corrected chi connectivity index (χ0v) is 13.3. The number of benzene rings is 1. The van der Waals surface area contributed by atoms with Crippen LogP contribution in [0.2, 0.25) is 0 Å². The van der Waals surface area contributed by atoms with E-state index < -0.39 is 5.82 Å². The molecule has 0 fully saturated rings. The molecule has 0 radical (unpaired) electrons. The van der Waals surface area contributed by atoms with E-state index in [1.54, 1.807) is 24.5 Å². The van der Waals surface area contributed by atoms with Crippen molar-refractivity contribution in [2.45, 2.75) is 6.42 Å². The number of anilines is 1. The van der Waals surface area contributed by atoms with Gasteiger partial charge in [-0.1, -0.05) is 6.07 Å². The highest BCUT2D eigenvalue weighted by Gasteiger charge is 2.13. The Bertz CT molecular complexity index is 615. The molecule has 3 nitrogen and oxygen atoms in total. The molecule has 0 unspecified atom stereocenters. The van der Waals surface area contributed by atoms with Crippen molar-refractivity contribution in [3.63, 3.8) is 0 Å². The first-order chi connectivity index (χ1) is 9.61. The zero-order valence-electron chi connectivity index (χ0n) is 10.9. The smallest absolute Gasteiger partial charge is 0.253 e. The maximum Gasteiger partial charge on any atom is 0.253 e. The number of para-hydroxylation sites is 1. The van der Waals surface area contributed by atoms with E-state index in [2.05, 4.69) is 26.6 Å². The molecule has 0 saturated carbocycles. The van der Waals surface area contributed by atoms with Crippen molar-refractivity contribution < 1.29 is 9.18 Å². The minimum atomic E-state index is -0.428. The number of amides is 1. The Morgan fingerprint density at radius 1 is 1.35 bits per heavy atom. The largest absolute Gasteiger partial charge is 0.385 e. The summed E-state index contributed by atoms with van der Waals surface area (Å²) in [4.78, 5) is 13.2. The predicted molar refractivity (Wildman–Crippen MR) is 84.0 cm³/mol.